The molecule has 3 heterocycles. The van der Waals surface area contributed by atoms with Crippen LogP contribution in [0.15, 0.2) is 58.3 Å². The predicted octanol–water partition coefficient (Wildman–Crippen LogP) is 2.11. The maximum Gasteiger partial charge on any atom is 0.257 e. The quantitative estimate of drug-likeness (QED) is 0.754. The third kappa shape index (κ3) is 3.23. The van der Waals surface area contributed by atoms with Gasteiger partial charge in [-0.15, -0.1) is 0 Å². The molecule has 0 bridgehead atoms. The molecule has 2 amide bonds. The summed E-state index contributed by atoms with van der Waals surface area (Å²) in [6.45, 7) is 2.04. The normalized spacial score (nSPS) is 15.0. The van der Waals surface area contributed by atoms with E-state index in [1.807, 2.05) is 6.07 Å². The Bertz CT molecular complexity index is 1040. The number of fused-ring (bicyclic) bond motifs is 1. The summed E-state index contributed by atoms with van der Waals surface area (Å²) in [5.41, 5.74) is 0.774. The number of nitrogens with one attached hydrogen (secondary N) is 1. The molecule has 1 aliphatic rings. The molecule has 1 fully saturated rings. The highest BCUT2D eigenvalue weighted by Crippen LogP contribution is 2.18. The van der Waals surface area contributed by atoms with Gasteiger partial charge in [0, 0.05) is 43.1 Å². The average molecular weight is 365 g/mol. The van der Waals surface area contributed by atoms with Crippen molar-refractivity contribution in [2.45, 2.75) is 6.42 Å². The van der Waals surface area contributed by atoms with Gasteiger partial charge in [0.05, 0.1) is 17.4 Å². The number of nitrogens with zero attached hydrogens (tertiary/aromatic N) is 2. The SMILES string of the molecule is O=C(c1ccoc1)N1CCCN(C(=O)c2c[nH]c(=O)c3ccccc23)CC1. The van der Waals surface area contributed by atoms with Crippen LogP contribution in [0.1, 0.15) is 27.1 Å². The molecule has 1 aromatic carbocycles. The molecule has 0 spiro atoms. The molecular weight excluding hydrogens is 346 g/mol. The summed E-state index contributed by atoms with van der Waals surface area (Å²) in [5, 5.41) is 1.14. The van der Waals surface area contributed by atoms with Crippen LogP contribution in [0, 0.1) is 0 Å². The molecule has 1 N–H and O–H groups in total. The summed E-state index contributed by atoms with van der Waals surface area (Å²) < 4.78 is 4.98. The summed E-state index contributed by atoms with van der Waals surface area (Å²) in [6, 6.07) is 8.72. The van der Waals surface area contributed by atoms with Crippen LogP contribution in [0.4, 0.5) is 0 Å². The molecule has 0 radical (unpaired) electrons. The van der Waals surface area contributed by atoms with Gasteiger partial charge < -0.3 is 19.2 Å². The van der Waals surface area contributed by atoms with Crippen molar-refractivity contribution in [2.24, 2.45) is 0 Å². The van der Waals surface area contributed by atoms with Crippen molar-refractivity contribution in [2.75, 3.05) is 26.2 Å². The number of carbonyl (C=O) groups is 2. The number of amides is 2. The van der Waals surface area contributed by atoms with Crippen molar-refractivity contribution < 1.29 is 14.0 Å². The number of rotatable bonds is 2. The first-order valence-corrected chi connectivity index (χ1v) is 8.86. The van der Waals surface area contributed by atoms with E-state index in [0.717, 1.165) is 0 Å². The number of pyridine rings is 1. The molecule has 2 aromatic heterocycles. The van der Waals surface area contributed by atoms with E-state index in [2.05, 4.69) is 4.98 Å². The number of H-pyrrole nitrogens is 1. The number of aromatic amines is 1. The van der Waals surface area contributed by atoms with Crippen LogP contribution < -0.4 is 5.56 Å². The van der Waals surface area contributed by atoms with Crippen molar-refractivity contribution in [1.29, 1.82) is 0 Å². The van der Waals surface area contributed by atoms with E-state index >= 15 is 0 Å². The van der Waals surface area contributed by atoms with Crippen LogP contribution in [-0.4, -0.2) is 52.8 Å². The van der Waals surface area contributed by atoms with E-state index in [-0.39, 0.29) is 17.4 Å². The van der Waals surface area contributed by atoms with Gasteiger partial charge in [-0.3, -0.25) is 14.4 Å². The second-order valence-electron chi connectivity index (χ2n) is 6.53. The Morgan fingerprint density at radius 2 is 1.63 bits per heavy atom. The third-order valence-electron chi connectivity index (χ3n) is 4.88. The zero-order valence-corrected chi connectivity index (χ0v) is 14.7. The van der Waals surface area contributed by atoms with Gasteiger partial charge in [0.2, 0.25) is 0 Å². The minimum absolute atomic E-state index is 0.0902. The van der Waals surface area contributed by atoms with E-state index in [0.29, 0.717) is 54.5 Å². The van der Waals surface area contributed by atoms with Gasteiger partial charge in [0.1, 0.15) is 6.26 Å². The largest absolute Gasteiger partial charge is 0.472 e. The topological polar surface area (TPSA) is 86.6 Å². The first-order chi connectivity index (χ1) is 13.1. The highest BCUT2D eigenvalue weighted by Gasteiger charge is 2.25. The van der Waals surface area contributed by atoms with Crippen LogP contribution in [-0.2, 0) is 0 Å². The van der Waals surface area contributed by atoms with Gasteiger partial charge in [-0.2, -0.15) is 0 Å². The fourth-order valence-electron chi connectivity index (χ4n) is 3.45. The second-order valence-corrected chi connectivity index (χ2v) is 6.53. The van der Waals surface area contributed by atoms with E-state index in [9.17, 15) is 14.4 Å². The van der Waals surface area contributed by atoms with E-state index in [1.165, 1.54) is 18.7 Å². The monoisotopic (exact) mass is 365 g/mol. The second kappa shape index (κ2) is 7.11. The first-order valence-electron chi connectivity index (χ1n) is 8.86. The maximum atomic E-state index is 13.1. The van der Waals surface area contributed by atoms with Crippen molar-refractivity contribution in [3.05, 3.63) is 70.5 Å². The van der Waals surface area contributed by atoms with Crippen LogP contribution in [0.2, 0.25) is 0 Å². The summed E-state index contributed by atoms with van der Waals surface area (Å²) >= 11 is 0. The van der Waals surface area contributed by atoms with Crippen LogP contribution >= 0.6 is 0 Å². The molecule has 138 valence electrons. The molecule has 0 aliphatic carbocycles. The van der Waals surface area contributed by atoms with E-state index < -0.39 is 0 Å². The lowest BCUT2D eigenvalue weighted by molar-refractivity contribution is 0.0719. The number of benzene rings is 1. The molecule has 0 saturated carbocycles. The van der Waals surface area contributed by atoms with Gasteiger partial charge in [-0.1, -0.05) is 18.2 Å². The number of hydrogen-bond acceptors (Lipinski definition) is 4. The van der Waals surface area contributed by atoms with E-state index in [4.69, 9.17) is 4.42 Å². The fourth-order valence-corrected chi connectivity index (χ4v) is 3.45. The number of aromatic nitrogens is 1. The van der Waals surface area contributed by atoms with Gasteiger partial charge >= 0.3 is 0 Å². The molecule has 3 aromatic rings. The number of hydrogen-bond donors (Lipinski definition) is 1. The summed E-state index contributed by atoms with van der Waals surface area (Å²) in [5.74, 6) is -0.229. The highest BCUT2D eigenvalue weighted by molar-refractivity contribution is 6.06. The van der Waals surface area contributed by atoms with Crippen LogP contribution in [0.3, 0.4) is 0 Å². The molecule has 0 atom stereocenters. The Morgan fingerprint density at radius 3 is 2.33 bits per heavy atom. The lowest BCUT2D eigenvalue weighted by atomic mass is 10.1. The summed E-state index contributed by atoms with van der Waals surface area (Å²) in [4.78, 5) is 43.7. The number of furan rings is 1. The van der Waals surface area contributed by atoms with Crippen molar-refractivity contribution in [1.82, 2.24) is 14.8 Å². The minimum atomic E-state index is -0.213. The maximum absolute atomic E-state index is 13.1. The highest BCUT2D eigenvalue weighted by atomic mass is 16.3. The third-order valence-corrected chi connectivity index (χ3v) is 4.88. The summed E-state index contributed by atoms with van der Waals surface area (Å²) in [6.07, 6.45) is 5.08. The number of carbonyl (C=O) groups excluding carboxylic acids is 2. The lowest BCUT2D eigenvalue weighted by Crippen LogP contribution is -2.37. The standard InChI is InChI=1S/C20H19N3O4/c24-18-16-5-2-1-4-15(16)17(12-21-18)20(26)23-8-3-7-22(9-10-23)19(25)14-6-11-27-13-14/h1-2,4-6,11-13H,3,7-10H2,(H,21,24). The lowest BCUT2D eigenvalue weighted by Gasteiger charge is -2.22. The molecule has 7 heteroatoms. The average Bonchev–Trinajstić information content (AvgIpc) is 3.12. The van der Waals surface area contributed by atoms with Gasteiger partial charge in [-0.05, 0) is 18.6 Å². The smallest absolute Gasteiger partial charge is 0.257 e. The first kappa shape index (κ1) is 17.1. The molecule has 27 heavy (non-hydrogen) atoms. The zero-order chi connectivity index (χ0) is 18.8. The predicted molar refractivity (Wildman–Crippen MR) is 99.7 cm³/mol. The molecule has 1 saturated heterocycles. The Balaban J connectivity index is 1.55. The molecule has 4 rings (SSSR count). The Kier molecular flexibility index (Phi) is 4.50. The fraction of sp³-hybridized carbons (Fsp3) is 0.250. The van der Waals surface area contributed by atoms with Crippen LogP contribution in [0.25, 0.3) is 10.8 Å². The Labute approximate surface area is 155 Å². The molecule has 0 unspecified atom stereocenters. The zero-order valence-electron chi connectivity index (χ0n) is 14.7. The van der Waals surface area contributed by atoms with Crippen molar-refractivity contribution in [3.63, 3.8) is 0 Å². The minimum Gasteiger partial charge on any atom is -0.472 e. The van der Waals surface area contributed by atoms with Crippen molar-refractivity contribution >= 4 is 22.6 Å². The molecular formula is C20H19N3O4. The molecule has 7 nitrogen and oxygen atoms in total. The van der Waals surface area contributed by atoms with Crippen molar-refractivity contribution in [3.8, 4) is 0 Å². The van der Waals surface area contributed by atoms with Gasteiger partial charge in [0.25, 0.3) is 17.4 Å². The molecule has 1 aliphatic heterocycles. The van der Waals surface area contributed by atoms with Gasteiger partial charge in [0.15, 0.2) is 0 Å². The van der Waals surface area contributed by atoms with Gasteiger partial charge in [-0.25, -0.2) is 0 Å². The van der Waals surface area contributed by atoms with E-state index in [1.54, 1.807) is 34.1 Å². The Hall–Kier alpha value is -3.35. The Morgan fingerprint density at radius 1 is 0.926 bits per heavy atom. The summed E-state index contributed by atoms with van der Waals surface area (Å²) in [7, 11) is 0. The van der Waals surface area contributed by atoms with Crippen LogP contribution in [0.5, 0.6) is 0 Å².